The first-order chi connectivity index (χ1) is 11.1. The number of amides is 1. The van der Waals surface area contributed by atoms with Crippen molar-refractivity contribution >= 4 is 16.8 Å². The highest BCUT2D eigenvalue weighted by molar-refractivity contribution is 6.00. The summed E-state index contributed by atoms with van der Waals surface area (Å²) in [4.78, 5) is 19.4. The second-order valence-electron chi connectivity index (χ2n) is 5.56. The molecule has 0 aromatic carbocycles. The molecule has 0 bridgehead atoms. The highest BCUT2D eigenvalue weighted by Gasteiger charge is 2.22. The lowest BCUT2D eigenvalue weighted by atomic mass is 10.0. The van der Waals surface area contributed by atoms with Gasteiger partial charge in [-0.25, -0.2) is 4.98 Å². The molecule has 0 radical (unpaired) electrons. The van der Waals surface area contributed by atoms with Gasteiger partial charge in [0, 0.05) is 24.5 Å². The number of rotatable bonds is 4. The third kappa shape index (κ3) is 2.44. The van der Waals surface area contributed by atoms with E-state index in [1.807, 2.05) is 12.1 Å². The van der Waals surface area contributed by atoms with Crippen molar-refractivity contribution in [3.63, 3.8) is 0 Å². The number of methoxy groups -OCH3 is 1. The zero-order chi connectivity index (χ0) is 16.6. The van der Waals surface area contributed by atoms with Gasteiger partial charge in [-0.2, -0.15) is 5.10 Å². The third-order valence-electron chi connectivity index (χ3n) is 3.79. The molecule has 0 aliphatic rings. The summed E-state index contributed by atoms with van der Waals surface area (Å²) in [5.41, 5.74) is 3.88. The van der Waals surface area contributed by atoms with Crippen molar-refractivity contribution in [1.29, 1.82) is 0 Å². The molecule has 23 heavy (non-hydrogen) atoms. The van der Waals surface area contributed by atoms with Crippen LogP contribution < -0.4 is 10.1 Å². The van der Waals surface area contributed by atoms with Crippen molar-refractivity contribution in [3.8, 4) is 17.1 Å². The fourth-order valence-corrected chi connectivity index (χ4v) is 2.67. The largest absolute Gasteiger partial charge is 0.480 e. The molecular weight excluding hydrogens is 294 g/mol. The maximum atomic E-state index is 12.0. The van der Waals surface area contributed by atoms with Crippen LogP contribution in [0.25, 0.3) is 22.2 Å². The second kappa shape index (κ2) is 5.75. The average molecular weight is 313 g/mol. The molecule has 0 unspecified atom stereocenters. The van der Waals surface area contributed by atoms with Gasteiger partial charge in [0.15, 0.2) is 0 Å². The fraction of sp³-hybridized carbons (Fsp3) is 0.312. The first-order valence-electron chi connectivity index (χ1n) is 7.39. The molecule has 0 saturated heterocycles. The van der Waals surface area contributed by atoms with Crippen LogP contribution in [-0.2, 0) is 0 Å². The second-order valence-corrected chi connectivity index (χ2v) is 5.56. The van der Waals surface area contributed by atoms with Crippen molar-refractivity contribution in [2.45, 2.75) is 19.8 Å². The Hall–Kier alpha value is -2.83. The molecule has 3 aromatic rings. The van der Waals surface area contributed by atoms with Crippen LogP contribution in [0.4, 0.5) is 0 Å². The minimum Gasteiger partial charge on any atom is -0.480 e. The fourth-order valence-electron chi connectivity index (χ4n) is 2.67. The van der Waals surface area contributed by atoms with Crippen LogP contribution in [0.15, 0.2) is 18.3 Å². The lowest BCUT2D eigenvalue weighted by Crippen LogP contribution is -2.18. The van der Waals surface area contributed by atoms with E-state index in [0.717, 1.165) is 27.9 Å². The molecular formula is C16H19N5O2. The average Bonchev–Trinajstić information content (AvgIpc) is 3.17. The van der Waals surface area contributed by atoms with E-state index in [9.17, 15) is 4.79 Å². The van der Waals surface area contributed by atoms with E-state index in [4.69, 9.17) is 4.74 Å². The monoisotopic (exact) mass is 313 g/mol. The minimum absolute atomic E-state index is 0.164. The van der Waals surface area contributed by atoms with Gasteiger partial charge in [0.25, 0.3) is 5.91 Å². The van der Waals surface area contributed by atoms with E-state index >= 15 is 0 Å². The maximum absolute atomic E-state index is 12.0. The zero-order valence-electron chi connectivity index (χ0n) is 13.5. The molecule has 0 aliphatic heterocycles. The number of carbonyl (C=O) groups excluding carboxylic acids is 1. The van der Waals surface area contributed by atoms with E-state index < -0.39 is 0 Å². The Morgan fingerprint density at radius 2 is 2.17 bits per heavy atom. The summed E-state index contributed by atoms with van der Waals surface area (Å²) in [6.07, 6.45) is 1.67. The molecule has 0 fully saturated rings. The normalized spacial score (nSPS) is 11.2. The summed E-state index contributed by atoms with van der Waals surface area (Å²) >= 11 is 0. The number of hydrogen-bond acceptors (Lipinski definition) is 4. The first kappa shape index (κ1) is 15.1. The van der Waals surface area contributed by atoms with Gasteiger partial charge >= 0.3 is 0 Å². The summed E-state index contributed by atoms with van der Waals surface area (Å²) in [5.74, 6) is 0.546. The number of carbonyl (C=O) groups is 1. The van der Waals surface area contributed by atoms with Crippen LogP contribution in [0.5, 0.6) is 5.88 Å². The van der Waals surface area contributed by atoms with Gasteiger partial charge < -0.3 is 15.0 Å². The molecule has 3 rings (SSSR count). The molecule has 0 aliphatic carbocycles. The van der Waals surface area contributed by atoms with E-state index in [-0.39, 0.29) is 11.8 Å². The van der Waals surface area contributed by atoms with Crippen LogP contribution in [0.3, 0.4) is 0 Å². The molecule has 7 nitrogen and oxygen atoms in total. The smallest absolute Gasteiger partial charge is 0.267 e. The molecule has 7 heteroatoms. The minimum atomic E-state index is -0.164. The van der Waals surface area contributed by atoms with Crippen molar-refractivity contribution in [2.24, 2.45) is 0 Å². The maximum Gasteiger partial charge on any atom is 0.267 e. The highest BCUT2D eigenvalue weighted by atomic mass is 16.5. The number of pyridine rings is 1. The van der Waals surface area contributed by atoms with Gasteiger partial charge in [0.05, 0.1) is 18.0 Å². The highest BCUT2D eigenvalue weighted by Crippen LogP contribution is 2.36. The molecule has 0 atom stereocenters. The van der Waals surface area contributed by atoms with Crippen molar-refractivity contribution < 1.29 is 9.53 Å². The van der Waals surface area contributed by atoms with Crippen molar-refractivity contribution in [2.75, 3.05) is 14.2 Å². The van der Waals surface area contributed by atoms with Gasteiger partial charge in [-0.1, -0.05) is 13.8 Å². The van der Waals surface area contributed by atoms with Crippen LogP contribution in [0.2, 0.25) is 0 Å². The Labute approximate surface area is 133 Å². The number of ether oxygens (including phenoxy) is 1. The number of aromatic amines is 2. The van der Waals surface area contributed by atoms with Gasteiger partial charge in [-0.3, -0.25) is 9.89 Å². The summed E-state index contributed by atoms with van der Waals surface area (Å²) in [6.45, 7) is 4.13. The number of hydrogen-bond donors (Lipinski definition) is 3. The topological polar surface area (TPSA) is 95.7 Å². The Kier molecular flexibility index (Phi) is 3.77. The number of fused-ring (bicyclic) bond motifs is 1. The van der Waals surface area contributed by atoms with Crippen LogP contribution >= 0.6 is 0 Å². The Bertz CT molecular complexity index is 863. The molecule has 3 aromatic heterocycles. The standard InChI is InChI=1S/C16H19N5O2/c1-8(2)13-9(7-11(19-13)15(22)17-3)14-12-10(20-21-14)5-6-18-16(12)23-4/h5-8,19H,1-4H3,(H,17,22)(H,20,21). The first-order valence-corrected chi connectivity index (χ1v) is 7.39. The molecule has 3 N–H and O–H groups in total. The van der Waals surface area contributed by atoms with Crippen molar-refractivity contribution in [1.82, 2.24) is 25.5 Å². The summed E-state index contributed by atoms with van der Waals surface area (Å²) in [6, 6.07) is 3.66. The quantitative estimate of drug-likeness (QED) is 0.689. The summed E-state index contributed by atoms with van der Waals surface area (Å²) < 4.78 is 5.36. The Morgan fingerprint density at radius 3 is 2.83 bits per heavy atom. The third-order valence-corrected chi connectivity index (χ3v) is 3.79. The lowest BCUT2D eigenvalue weighted by molar-refractivity contribution is 0.0958. The van der Waals surface area contributed by atoms with Gasteiger partial charge in [-0.15, -0.1) is 0 Å². The van der Waals surface area contributed by atoms with E-state index in [2.05, 4.69) is 39.3 Å². The zero-order valence-corrected chi connectivity index (χ0v) is 13.5. The number of nitrogens with zero attached hydrogens (tertiary/aromatic N) is 2. The van der Waals surface area contributed by atoms with Gasteiger partial charge in [0.1, 0.15) is 11.4 Å². The summed E-state index contributed by atoms with van der Waals surface area (Å²) in [7, 11) is 3.18. The van der Waals surface area contributed by atoms with Gasteiger partial charge in [-0.05, 0) is 18.1 Å². The Balaban J connectivity index is 2.26. The van der Waals surface area contributed by atoms with E-state index in [1.54, 1.807) is 20.4 Å². The van der Waals surface area contributed by atoms with Crippen LogP contribution in [0.1, 0.15) is 35.9 Å². The van der Waals surface area contributed by atoms with Crippen LogP contribution in [0, 0.1) is 0 Å². The van der Waals surface area contributed by atoms with Crippen LogP contribution in [-0.4, -0.2) is 40.2 Å². The molecule has 0 spiro atoms. The Morgan fingerprint density at radius 1 is 1.39 bits per heavy atom. The molecule has 120 valence electrons. The predicted molar refractivity (Wildman–Crippen MR) is 87.7 cm³/mol. The SMILES string of the molecule is CNC(=O)c1cc(-c2n[nH]c3ccnc(OC)c23)c(C(C)C)[nH]1. The summed E-state index contributed by atoms with van der Waals surface area (Å²) in [5, 5.41) is 10.8. The van der Waals surface area contributed by atoms with E-state index in [0.29, 0.717) is 11.6 Å². The number of aromatic nitrogens is 4. The van der Waals surface area contributed by atoms with Gasteiger partial charge in [0.2, 0.25) is 5.88 Å². The number of nitrogens with one attached hydrogen (secondary N) is 3. The lowest BCUT2D eigenvalue weighted by Gasteiger charge is -2.06. The molecule has 3 heterocycles. The molecule has 1 amide bonds. The number of H-pyrrole nitrogens is 2. The van der Waals surface area contributed by atoms with E-state index in [1.165, 1.54) is 0 Å². The molecule has 0 saturated carbocycles. The van der Waals surface area contributed by atoms with Crippen molar-refractivity contribution in [3.05, 3.63) is 29.7 Å². The predicted octanol–water partition coefficient (Wildman–Crippen LogP) is 2.44.